The third kappa shape index (κ3) is 5.87. The highest BCUT2D eigenvalue weighted by Crippen LogP contribution is 2.30. The van der Waals surface area contributed by atoms with Gasteiger partial charge in [0.05, 0.1) is 4.92 Å². The topological polar surface area (TPSA) is 92.5 Å². The third-order valence-corrected chi connectivity index (χ3v) is 7.35. The normalized spacial score (nSPS) is 13.4. The molecule has 0 aliphatic carbocycles. The van der Waals surface area contributed by atoms with Crippen LogP contribution in [0.4, 0.5) is 11.5 Å². The summed E-state index contributed by atoms with van der Waals surface area (Å²) in [7, 11) is 0. The standard InChI is InChI=1S/C29H25Cl2N5O3/c1-19-24(17-20-7-10-23(30)11-8-20)28(33-27(32-19)21-5-3-2-4-6-21)34-13-15-35(16-14-34)29(37)22-9-12-25(31)26(18-22)36(38)39/h2-12,18H,13-17H2,1H3. The second-order valence-electron chi connectivity index (χ2n) is 9.31. The molecular formula is C29H25Cl2N5O3. The van der Waals surface area contributed by atoms with Crippen molar-refractivity contribution in [2.45, 2.75) is 13.3 Å². The summed E-state index contributed by atoms with van der Waals surface area (Å²) >= 11 is 12.0. The number of hydrogen-bond donors (Lipinski definition) is 0. The van der Waals surface area contributed by atoms with Gasteiger partial charge in [-0.15, -0.1) is 0 Å². The van der Waals surface area contributed by atoms with Crippen LogP contribution in [0.2, 0.25) is 10.0 Å². The lowest BCUT2D eigenvalue weighted by molar-refractivity contribution is -0.384. The largest absolute Gasteiger partial charge is 0.353 e. The maximum absolute atomic E-state index is 13.2. The summed E-state index contributed by atoms with van der Waals surface area (Å²) < 4.78 is 0. The Morgan fingerprint density at radius 2 is 1.64 bits per heavy atom. The van der Waals surface area contributed by atoms with Crippen LogP contribution in [0, 0.1) is 17.0 Å². The van der Waals surface area contributed by atoms with Crippen LogP contribution in [0.15, 0.2) is 72.8 Å². The fraction of sp³-hybridized carbons (Fsp3) is 0.207. The number of aromatic nitrogens is 2. The van der Waals surface area contributed by atoms with Crippen molar-refractivity contribution in [2.24, 2.45) is 0 Å². The first kappa shape index (κ1) is 26.6. The average molecular weight is 562 g/mol. The van der Waals surface area contributed by atoms with Crippen molar-refractivity contribution in [1.29, 1.82) is 0 Å². The first-order chi connectivity index (χ1) is 18.8. The molecular weight excluding hydrogens is 537 g/mol. The molecule has 10 heteroatoms. The Morgan fingerprint density at radius 3 is 2.31 bits per heavy atom. The molecule has 1 aliphatic rings. The SMILES string of the molecule is Cc1nc(-c2ccccc2)nc(N2CCN(C(=O)c3ccc(Cl)c([N+](=O)[O-])c3)CC2)c1Cc1ccc(Cl)cc1. The fourth-order valence-corrected chi connectivity index (χ4v) is 4.97. The number of carbonyl (C=O) groups excluding carboxylic acids is 1. The predicted molar refractivity (Wildman–Crippen MR) is 153 cm³/mol. The van der Waals surface area contributed by atoms with E-state index in [2.05, 4.69) is 4.90 Å². The molecule has 2 heterocycles. The van der Waals surface area contributed by atoms with E-state index in [1.165, 1.54) is 18.2 Å². The molecule has 198 valence electrons. The molecule has 0 spiro atoms. The van der Waals surface area contributed by atoms with Crippen molar-refractivity contribution in [2.75, 3.05) is 31.1 Å². The van der Waals surface area contributed by atoms with Crippen LogP contribution in [0.25, 0.3) is 11.4 Å². The Hall–Kier alpha value is -4.01. The molecule has 1 aromatic heterocycles. The molecule has 1 saturated heterocycles. The number of nitro groups is 1. The van der Waals surface area contributed by atoms with Crippen molar-refractivity contribution in [3.05, 3.63) is 115 Å². The van der Waals surface area contributed by atoms with Crippen molar-refractivity contribution in [3.63, 3.8) is 0 Å². The van der Waals surface area contributed by atoms with Gasteiger partial charge in [-0.25, -0.2) is 9.97 Å². The van der Waals surface area contributed by atoms with Gasteiger partial charge in [-0.2, -0.15) is 0 Å². The monoisotopic (exact) mass is 561 g/mol. The number of aryl methyl sites for hydroxylation is 1. The number of benzene rings is 3. The van der Waals surface area contributed by atoms with Gasteiger partial charge in [-0.3, -0.25) is 14.9 Å². The number of piperazine rings is 1. The molecule has 4 aromatic rings. The average Bonchev–Trinajstić information content (AvgIpc) is 2.95. The van der Waals surface area contributed by atoms with Crippen LogP contribution >= 0.6 is 23.2 Å². The lowest BCUT2D eigenvalue weighted by Crippen LogP contribution is -2.49. The van der Waals surface area contributed by atoms with Gasteiger partial charge in [-0.1, -0.05) is 65.7 Å². The Bertz CT molecular complexity index is 1520. The van der Waals surface area contributed by atoms with Gasteiger partial charge in [0.2, 0.25) is 0 Å². The van der Waals surface area contributed by atoms with Gasteiger partial charge in [0, 0.05) is 66.1 Å². The second-order valence-corrected chi connectivity index (χ2v) is 10.2. The Labute approximate surface area is 236 Å². The van der Waals surface area contributed by atoms with E-state index in [4.69, 9.17) is 33.2 Å². The van der Waals surface area contributed by atoms with E-state index in [9.17, 15) is 14.9 Å². The number of carbonyl (C=O) groups is 1. The highest BCUT2D eigenvalue weighted by molar-refractivity contribution is 6.32. The van der Waals surface area contributed by atoms with E-state index in [0.29, 0.717) is 43.4 Å². The summed E-state index contributed by atoms with van der Waals surface area (Å²) in [6.45, 7) is 3.99. The summed E-state index contributed by atoms with van der Waals surface area (Å²) in [6, 6.07) is 21.7. The number of anilines is 1. The molecule has 1 aliphatic heterocycles. The van der Waals surface area contributed by atoms with Crippen LogP contribution in [-0.2, 0) is 6.42 Å². The van der Waals surface area contributed by atoms with Crippen molar-refractivity contribution >= 4 is 40.6 Å². The number of amides is 1. The molecule has 0 saturated carbocycles. The van der Waals surface area contributed by atoms with E-state index in [1.54, 1.807) is 4.90 Å². The molecule has 0 N–H and O–H groups in total. The first-order valence-corrected chi connectivity index (χ1v) is 13.2. The number of nitrogens with zero attached hydrogens (tertiary/aromatic N) is 5. The van der Waals surface area contributed by atoms with Gasteiger partial charge in [0.15, 0.2) is 5.82 Å². The molecule has 1 fully saturated rings. The Balaban J connectivity index is 1.42. The summed E-state index contributed by atoms with van der Waals surface area (Å²) in [4.78, 5) is 37.6. The Kier molecular flexibility index (Phi) is 7.77. The van der Waals surface area contributed by atoms with Crippen molar-refractivity contribution in [1.82, 2.24) is 14.9 Å². The van der Waals surface area contributed by atoms with Crippen molar-refractivity contribution < 1.29 is 9.72 Å². The number of halogens is 2. The number of rotatable bonds is 6. The van der Waals surface area contributed by atoms with E-state index in [1.807, 2.05) is 61.5 Å². The minimum absolute atomic E-state index is 0.00272. The Morgan fingerprint density at radius 1 is 0.949 bits per heavy atom. The lowest BCUT2D eigenvalue weighted by atomic mass is 10.0. The molecule has 1 amide bonds. The van der Waals surface area contributed by atoms with Gasteiger partial charge in [0.25, 0.3) is 11.6 Å². The van der Waals surface area contributed by atoms with Crippen LogP contribution in [0.5, 0.6) is 0 Å². The summed E-state index contributed by atoms with van der Waals surface area (Å²) in [6.07, 6.45) is 0.640. The number of hydrogen-bond acceptors (Lipinski definition) is 6. The van der Waals surface area contributed by atoms with Gasteiger partial charge in [0.1, 0.15) is 10.8 Å². The zero-order valence-corrected chi connectivity index (χ0v) is 22.7. The van der Waals surface area contributed by atoms with Crippen molar-refractivity contribution in [3.8, 4) is 11.4 Å². The van der Waals surface area contributed by atoms with Crippen LogP contribution in [0.1, 0.15) is 27.2 Å². The zero-order valence-electron chi connectivity index (χ0n) is 21.2. The summed E-state index contributed by atoms with van der Waals surface area (Å²) in [5.74, 6) is 1.22. The van der Waals surface area contributed by atoms with Gasteiger partial charge < -0.3 is 9.80 Å². The quantitative estimate of drug-likeness (QED) is 0.205. The molecule has 5 rings (SSSR count). The van der Waals surface area contributed by atoms with E-state index in [0.717, 1.165) is 28.2 Å². The first-order valence-electron chi connectivity index (χ1n) is 12.5. The fourth-order valence-electron chi connectivity index (χ4n) is 4.66. The molecule has 0 bridgehead atoms. The minimum atomic E-state index is -0.582. The molecule has 8 nitrogen and oxygen atoms in total. The molecule has 0 unspecified atom stereocenters. The molecule has 3 aromatic carbocycles. The lowest BCUT2D eigenvalue weighted by Gasteiger charge is -2.36. The van der Waals surface area contributed by atoms with Crippen LogP contribution < -0.4 is 4.90 Å². The second kappa shape index (κ2) is 11.4. The number of nitro benzene ring substituents is 1. The summed E-state index contributed by atoms with van der Waals surface area (Å²) in [5.41, 5.74) is 3.90. The smallest absolute Gasteiger partial charge is 0.288 e. The van der Waals surface area contributed by atoms with Crippen LogP contribution in [0.3, 0.4) is 0 Å². The molecule has 0 radical (unpaired) electrons. The van der Waals surface area contributed by atoms with Crippen LogP contribution in [-0.4, -0.2) is 51.9 Å². The van der Waals surface area contributed by atoms with E-state index < -0.39 is 4.92 Å². The van der Waals surface area contributed by atoms with Gasteiger partial charge >= 0.3 is 0 Å². The predicted octanol–water partition coefficient (Wildman–Crippen LogP) is 6.22. The van der Waals surface area contributed by atoms with E-state index in [-0.39, 0.29) is 22.2 Å². The van der Waals surface area contributed by atoms with E-state index >= 15 is 0 Å². The maximum Gasteiger partial charge on any atom is 0.288 e. The highest BCUT2D eigenvalue weighted by Gasteiger charge is 2.27. The third-order valence-electron chi connectivity index (χ3n) is 6.77. The minimum Gasteiger partial charge on any atom is -0.353 e. The highest BCUT2D eigenvalue weighted by atomic mass is 35.5. The zero-order chi connectivity index (χ0) is 27.5. The summed E-state index contributed by atoms with van der Waals surface area (Å²) in [5, 5.41) is 12.0. The molecule has 0 atom stereocenters. The molecule has 39 heavy (non-hydrogen) atoms. The maximum atomic E-state index is 13.2. The van der Waals surface area contributed by atoms with Gasteiger partial charge in [-0.05, 0) is 36.8 Å².